The summed E-state index contributed by atoms with van der Waals surface area (Å²) in [5, 5.41) is 3.89. The molecule has 0 fully saturated rings. The van der Waals surface area contributed by atoms with Crippen molar-refractivity contribution in [1.82, 2.24) is 4.83 Å². The maximum Gasteiger partial charge on any atom is 0.276 e. The molecule has 6 nitrogen and oxygen atoms in total. The number of benzene rings is 2. The van der Waals surface area contributed by atoms with Crippen molar-refractivity contribution in [2.45, 2.75) is 23.6 Å². The first-order valence-corrected chi connectivity index (χ1v) is 10.4. The second-order valence-corrected chi connectivity index (χ2v) is 9.08. The average Bonchev–Trinajstić information content (AvgIpc) is 2.52. The van der Waals surface area contributed by atoms with Gasteiger partial charge in [-0.05, 0) is 43.7 Å². The number of aryl methyl sites for hydroxylation is 1. The summed E-state index contributed by atoms with van der Waals surface area (Å²) in [4.78, 5) is 2.50. The van der Waals surface area contributed by atoms with Crippen LogP contribution in [0.15, 0.2) is 63.4 Å². The van der Waals surface area contributed by atoms with Gasteiger partial charge in [-0.3, -0.25) is 0 Å². The first-order chi connectivity index (χ1) is 11.1. The van der Waals surface area contributed by atoms with Crippen molar-refractivity contribution in [2.75, 3.05) is 6.26 Å². The zero-order valence-electron chi connectivity index (χ0n) is 13.5. The number of sulfonamides is 1. The van der Waals surface area contributed by atoms with E-state index >= 15 is 0 Å². The smallest absolute Gasteiger partial charge is 0.224 e. The highest BCUT2D eigenvalue weighted by Gasteiger charge is 2.13. The van der Waals surface area contributed by atoms with Crippen molar-refractivity contribution < 1.29 is 16.8 Å². The molecule has 0 aliphatic carbocycles. The molecule has 0 unspecified atom stereocenters. The van der Waals surface area contributed by atoms with Crippen molar-refractivity contribution in [3.8, 4) is 0 Å². The summed E-state index contributed by atoms with van der Waals surface area (Å²) < 4.78 is 47.2. The average molecular weight is 366 g/mol. The molecule has 0 amide bonds. The summed E-state index contributed by atoms with van der Waals surface area (Å²) >= 11 is 0. The van der Waals surface area contributed by atoms with Crippen LogP contribution in [0.4, 0.5) is 0 Å². The first kappa shape index (κ1) is 18.2. The van der Waals surface area contributed by atoms with E-state index in [4.69, 9.17) is 0 Å². The lowest BCUT2D eigenvalue weighted by Gasteiger charge is -2.06. The molecule has 24 heavy (non-hydrogen) atoms. The monoisotopic (exact) mass is 366 g/mol. The fourth-order valence-corrected chi connectivity index (χ4v) is 3.39. The SMILES string of the molecule is C/C(=N/NS(=O)(=O)c1ccc(C)cc1)c1ccc(S(C)(=O)=O)cc1. The van der Waals surface area contributed by atoms with Crippen LogP contribution < -0.4 is 4.83 Å². The van der Waals surface area contributed by atoms with Gasteiger partial charge in [0.25, 0.3) is 10.0 Å². The van der Waals surface area contributed by atoms with Gasteiger partial charge in [0.1, 0.15) is 0 Å². The van der Waals surface area contributed by atoms with Crippen molar-refractivity contribution >= 4 is 25.6 Å². The molecule has 0 saturated heterocycles. The molecule has 0 aliphatic rings. The van der Waals surface area contributed by atoms with E-state index in [2.05, 4.69) is 9.93 Å². The first-order valence-electron chi connectivity index (χ1n) is 7.03. The third kappa shape index (κ3) is 4.42. The van der Waals surface area contributed by atoms with Gasteiger partial charge in [0.05, 0.1) is 15.5 Å². The third-order valence-electron chi connectivity index (χ3n) is 3.37. The Morgan fingerprint density at radius 3 is 1.88 bits per heavy atom. The van der Waals surface area contributed by atoms with E-state index in [-0.39, 0.29) is 9.79 Å². The Bertz CT molecular complexity index is 960. The molecular formula is C16H18N2O4S2. The van der Waals surface area contributed by atoms with Crippen LogP contribution in [0.5, 0.6) is 0 Å². The molecule has 1 N–H and O–H groups in total. The maximum absolute atomic E-state index is 12.2. The minimum absolute atomic E-state index is 0.122. The highest BCUT2D eigenvalue weighted by Crippen LogP contribution is 2.12. The number of sulfone groups is 1. The minimum atomic E-state index is -3.74. The number of hydrogen-bond acceptors (Lipinski definition) is 5. The van der Waals surface area contributed by atoms with E-state index in [1.807, 2.05) is 6.92 Å². The van der Waals surface area contributed by atoms with Gasteiger partial charge in [-0.15, -0.1) is 0 Å². The summed E-state index contributed by atoms with van der Waals surface area (Å²) in [6.07, 6.45) is 1.12. The molecular weight excluding hydrogens is 348 g/mol. The molecule has 8 heteroatoms. The van der Waals surface area contributed by atoms with E-state index < -0.39 is 19.9 Å². The Labute approximate surface area is 142 Å². The van der Waals surface area contributed by atoms with Crippen LogP contribution in [-0.2, 0) is 19.9 Å². The van der Waals surface area contributed by atoms with Crippen LogP contribution in [0, 0.1) is 6.92 Å². The summed E-state index contributed by atoms with van der Waals surface area (Å²) in [6, 6.07) is 12.5. The van der Waals surface area contributed by atoms with Crippen molar-refractivity contribution in [3.05, 3.63) is 59.7 Å². The molecule has 2 aromatic carbocycles. The zero-order chi connectivity index (χ0) is 18.0. The Morgan fingerprint density at radius 1 is 0.875 bits per heavy atom. The topological polar surface area (TPSA) is 92.7 Å². The van der Waals surface area contributed by atoms with Crippen LogP contribution >= 0.6 is 0 Å². The van der Waals surface area contributed by atoms with Gasteiger partial charge in [-0.2, -0.15) is 18.4 Å². The van der Waals surface area contributed by atoms with Crippen LogP contribution in [0.1, 0.15) is 18.1 Å². The lowest BCUT2D eigenvalue weighted by atomic mass is 10.1. The van der Waals surface area contributed by atoms with Gasteiger partial charge in [0, 0.05) is 6.26 Å². The van der Waals surface area contributed by atoms with Crippen LogP contribution in [-0.4, -0.2) is 28.8 Å². The lowest BCUT2D eigenvalue weighted by molar-refractivity contribution is 0.584. The van der Waals surface area contributed by atoms with Crippen LogP contribution in [0.2, 0.25) is 0 Å². The number of hydrazone groups is 1. The normalized spacial score (nSPS) is 12.9. The van der Waals surface area contributed by atoms with Crippen molar-refractivity contribution in [2.24, 2.45) is 5.10 Å². The Hall–Kier alpha value is -2.19. The molecule has 0 radical (unpaired) electrons. The van der Waals surface area contributed by atoms with E-state index in [1.165, 1.54) is 24.3 Å². The van der Waals surface area contributed by atoms with E-state index in [0.29, 0.717) is 11.3 Å². The number of rotatable bonds is 5. The second kappa shape index (κ2) is 6.74. The molecule has 0 aliphatic heterocycles. The Kier molecular flexibility index (Phi) is 5.10. The van der Waals surface area contributed by atoms with Gasteiger partial charge in [-0.1, -0.05) is 29.8 Å². The van der Waals surface area contributed by atoms with Crippen LogP contribution in [0.25, 0.3) is 0 Å². The summed E-state index contributed by atoms with van der Waals surface area (Å²) in [7, 11) is -7.02. The van der Waals surface area contributed by atoms with Gasteiger partial charge < -0.3 is 0 Å². The molecule has 0 bridgehead atoms. The Morgan fingerprint density at radius 2 is 1.38 bits per heavy atom. The van der Waals surface area contributed by atoms with Gasteiger partial charge in [0.15, 0.2) is 9.84 Å². The summed E-state index contributed by atoms with van der Waals surface area (Å²) in [5.41, 5.74) is 2.00. The molecule has 0 saturated carbocycles. The third-order valence-corrected chi connectivity index (χ3v) is 5.72. The molecule has 0 atom stereocenters. The minimum Gasteiger partial charge on any atom is -0.224 e. The van der Waals surface area contributed by atoms with Gasteiger partial charge in [-0.25, -0.2) is 8.42 Å². The fourth-order valence-electron chi connectivity index (χ4n) is 1.91. The predicted octanol–water partition coefficient (Wildman–Crippen LogP) is 2.10. The van der Waals surface area contributed by atoms with Gasteiger partial charge in [0.2, 0.25) is 0 Å². The molecule has 2 aromatic rings. The number of nitrogens with zero attached hydrogens (tertiary/aromatic N) is 1. The van der Waals surface area contributed by atoms with Gasteiger partial charge >= 0.3 is 0 Å². The molecule has 2 rings (SSSR count). The largest absolute Gasteiger partial charge is 0.276 e. The fraction of sp³-hybridized carbons (Fsp3) is 0.188. The molecule has 0 spiro atoms. The quantitative estimate of drug-likeness (QED) is 0.648. The number of hydrogen-bond donors (Lipinski definition) is 1. The zero-order valence-corrected chi connectivity index (χ0v) is 15.1. The highest BCUT2D eigenvalue weighted by atomic mass is 32.2. The van der Waals surface area contributed by atoms with Crippen molar-refractivity contribution in [3.63, 3.8) is 0 Å². The number of nitrogens with one attached hydrogen (secondary N) is 1. The Balaban J connectivity index is 2.20. The predicted molar refractivity (Wildman–Crippen MR) is 93.3 cm³/mol. The van der Waals surface area contributed by atoms with Crippen molar-refractivity contribution in [1.29, 1.82) is 0 Å². The highest BCUT2D eigenvalue weighted by molar-refractivity contribution is 7.90. The lowest BCUT2D eigenvalue weighted by Crippen LogP contribution is -2.20. The van der Waals surface area contributed by atoms with E-state index in [9.17, 15) is 16.8 Å². The second-order valence-electron chi connectivity index (χ2n) is 5.40. The summed E-state index contributed by atoms with van der Waals surface area (Å²) in [5.74, 6) is 0. The maximum atomic E-state index is 12.2. The molecule has 0 aromatic heterocycles. The standard InChI is InChI=1S/C16H18N2O4S2/c1-12-4-8-16(9-5-12)24(21,22)18-17-13(2)14-6-10-15(11-7-14)23(3,19)20/h4-11,18H,1-3H3/b17-13-. The molecule has 128 valence electrons. The van der Waals surface area contributed by atoms with E-state index in [0.717, 1.165) is 11.8 Å². The molecule has 0 heterocycles. The summed E-state index contributed by atoms with van der Waals surface area (Å²) in [6.45, 7) is 3.50. The van der Waals surface area contributed by atoms with Crippen LogP contribution in [0.3, 0.4) is 0 Å². The van der Waals surface area contributed by atoms with E-state index in [1.54, 1.807) is 31.2 Å².